The Morgan fingerprint density at radius 3 is 2.95 bits per heavy atom. The Morgan fingerprint density at radius 2 is 2.10 bits per heavy atom. The van der Waals surface area contributed by atoms with E-state index in [2.05, 4.69) is 29.7 Å². The second-order valence-electron chi connectivity index (χ2n) is 5.61. The fourth-order valence-electron chi connectivity index (χ4n) is 2.67. The number of nitrogens with one attached hydrogen (secondary N) is 2. The molecule has 3 heteroatoms. The molecule has 2 rings (SSSR count). The maximum atomic E-state index is 11.9. The third-order valence-electron chi connectivity index (χ3n) is 3.83. The highest BCUT2D eigenvalue weighted by Crippen LogP contribution is 2.25. The number of hydrogen-bond acceptors (Lipinski definition) is 2. The number of anilines is 2. The van der Waals surface area contributed by atoms with E-state index in [0.29, 0.717) is 6.42 Å². The van der Waals surface area contributed by atoms with Crippen molar-refractivity contribution in [3.8, 4) is 0 Å². The summed E-state index contributed by atoms with van der Waals surface area (Å²) < 4.78 is 0. The van der Waals surface area contributed by atoms with Crippen LogP contribution >= 0.6 is 0 Å². The number of hydrogen-bond donors (Lipinski definition) is 2. The highest BCUT2D eigenvalue weighted by atomic mass is 16.1. The van der Waals surface area contributed by atoms with Crippen molar-refractivity contribution in [2.75, 3.05) is 17.2 Å². The van der Waals surface area contributed by atoms with Crippen LogP contribution in [0.5, 0.6) is 0 Å². The lowest BCUT2D eigenvalue weighted by Gasteiger charge is -2.18. The molecule has 0 atom stereocenters. The van der Waals surface area contributed by atoms with Crippen LogP contribution in [-0.2, 0) is 11.2 Å². The normalized spacial score (nSPS) is 13.4. The third-order valence-corrected chi connectivity index (χ3v) is 3.83. The standard InChI is InChI=1S/C17H26N2O/c1-2-3-4-5-6-9-17(20)19-15-10-11-16-14(13-15)8-7-12-18-16/h10-11,13,18H,2-9,12H2,1H3,(H,19,20). The van der Waals surface area contributed by atoms with Crippen molar-refractivity contribution in [1.82, 2.24) is 0 Å². The summed E-state index contributed by atoms with van der Waals surface area (Å²) in [5, 5.41) is 6.40. The molecule has 3 nitrogen and oxygen atoms in total. The molecule has 1 heterocycles. The molecular weight excluding hydrogens is 248 g/mol. The predicted octanol–water partition coefficient (Wildman–Crippen LogP) is 4.34. The minimum Gasteiger partial charge on any atom is -0.385 e. The zero-order chi connectivity index (χ0) is 14.2. The molecule has 0 radical (unpaired) electrons. The maximum absolute atomic E-state index is 11.9. The molecule has 1 amide bonds. The molecule has 0 spiro atoms. The van der Waals surface area contributed by atoms with Crippen molar-refractivity contribution in [2.24, 2.45) is 0 Å². The summed E-state index contributed by atoms with van der Waals surface area (Å²) in [6, 6.07) is 6.17. The fourth-order valence-corrected chi connectivity index (χ4v) is 2.67. The first-order valence-corrected chi connectivity index (χ1v) is 7.96. The number of fused-ring (bicyclic) bond motifs is 1. The second-order valence-corrected chi connectivity index (χ2v) is 5.61. The van der Waals surface area contributed by atoms with Crippen molar-refractivity contribution in [3.63, 3.8) is 0 Å². The largest absolute Gasteiger partial charge is 0.385 e. The van der Waals surface area contributed by atoms with Gasteiger partial charge in [-0.25, -0.2) is 0 Å². The summed E-state index contributed by atoms with van der Waals surface area (Å²) in [5.41, 5.74) is 3.47. The average Bonchev–Trinajstić information content (AvgIpc) is 2.47. The Morgan fingerprint density at radius 1 is 1.25 bits per heavy atom. The van der Waals surface area contributed by atoms with Gasteiger partial charge < -0.3 is 10.6 Å². The van der Waals surface area contributed by atoms with Crippen molar-refractivity contribution in [2.45, 2.75) is 58.3 Å². The molecule has 1 aliphatic heterocycles. The van der Waals surface area contributed by atoms with Gasteiger partial charge in [-0.05, 0) is 43.0 Å². The Hall–Kier alpha value is -1.51. The van der Waals surface area contributed by atoms with Gasteiger partial charge in [-0.2, -0.15) is 0 Å². The van der Waals surface area contributed by atoms with E-state index in [9.17, 15) is 4.79 Å². The van der Waals surface area contributed by atoms with E-state index in [1.54, 1.807) is 0 Å². The number of benzene rings is 1. The van der Waals surface area contributed by atoms with Gasteiger partial charge in [0.05, 0.1) is 0 Å². The van der Waals surface area contributed by atoms with Crippen LogP contribution in [0.25, 0.3) is 0 Å². The Labute approximate surface area is 122 Å². The molecule has 1 aromatic rings. The minimum absolute atomic E-state index is 0.144. The SMILES string of the molecule is CCCCCCCC(=O)Nc1ccc2c(c1)CCCN2. The van der Waals surface area contributed by atoms with E-state index in [-0.39, 0.29) is 5.91 Å². The summed E-state index contributed by atoms with van der Waals surface area (Å²) in [6.45, 7) is 3.26. The zero-order valence-electron chi connectivity index (χ0n) is 12.5. The summed E-state index contributed by atoms with van der Waals surface area (Å²) in [4.78, 5) is 11.9. The molecule has 1 aliphatic rings. The van der Waals surface area contributed by atoms with Gasteiger partial charge in [-0.3, -0.25) is 4.79 Å². The first-order chi connectivity index (χ1) is 9.79. The molecule has 0 unspecified atom stereocenters. The molecule has 0 fully saturated rings. The first kappa shape index (κ1) is 14.9. The van der Waals surface area contributed by atoms with Crippen LogP contribution in [0, 0.1) is 0 Å². The molecule has 20 heavy (non-hydrogen) atoms. The van der Waals surface area contributed by atoms with Gasteiger partial charge in [0.1, 0.15) is 0 Å². The highest BCUT2D eigenvalue weighted by Gasteiger charge is 2.09. The van der Waals surface area contributed by atoms with Gasteiger partial charge in [-0.1, -0.05) is 32.6 Å². The van der Waals surface area contributed by atoms with Crippen molar-refractivity contribution in [3.05, 3.63) is 23.8 Å². The van der Waals surface area contributed by atoms with E-state index < -0.39 is 0 Å². The lowest BCUT2D eigenvalue weighted by Crippen LogP contribution is -2.14. The average molecular weight is 274 g/mol. The number of carbonyl (C=O) groups excluding carboxylic acids is 1. The van der Waals surface area contributed by atoms with Crippen molar-refractivity contribution >= 4 is 17.3 Å². The number of aryl methyl sites for hydroxylation is 1. The van der Waals surface area contributed by atoms with Crippen LogP contribution in [0.15, 0.2) is 18.2 Å². The van der Waals surface area contributed by atoms with Gasteiger partial charge in [-0.15, -0.1) is 0 Å². The van der Waals surface area contributed by atoms with E-state index in [4.69, 9.17) is 0 Å². The van der Waals surface area contributed by atoms with Crippen LogP contribution in [0.1, 0.15) is 57.4 Å². The Balaban J connectivity index is 1.76. The van der Waals surface area contributed by atoms with Crippen molar-refractivity contribution in [1.29, 1.82) is 0 Å². The molecule has 0 bridgehead atoms. The number of rotatable bonds is 7. The lowest BCUT2D eigenvalue weighted by molar-refractivity contribution is -0.116. The van der Waals surface area contributed by atoms with Gasteiger partial charge >= 0.3 is 0 Å². The highest BCUT2D eigenvalue weighted by molar-refractivity contribution is 5.91. The zero-order valence-corrected chi connectivity index (χ0v) is 12.5. The summed E-state index contributed by atoms with van der Waals surface area (Å²) in [5.74, 6) is 0.144. The van der Waals surface area contributed by atoms with E-state index in [0.717, 1.165) is 31.5 Å². The maximum Gasteiger partial charge on any atom is 0.224 e. The molecule has 2 N–H and O–H groups in total. The van der Waals surface area contributed by atoms with Crippen LogP contribution < -0.4 is 10.6 Å². The topological polar surface area (TPSA) is 41.1 Å². The summed E-state index contributed by atoms with van der Waals surface area (Å²) in [7, 11) is 0. The molecule has 110 valence electrons. The van der Waals surface area contributed by atoms with Gasteiger partial charge in [0.15, 0.2) is 0 Å². The molecule has 0 saturated heterocycles. The number of carbonyl (C=O) groups is 1. The van der Waals surface area contributed by atoms with E-state index in [1.165, 1.54) is 36.9 Å². The van der Waals surface area contributed by atoms with Gasteiger partial charge in [0.2, 0.25) is 5.91 Å². The van der Waals surface area contributed by atoms with Crippen LogP contribution in [-0.4, -0.2) is 12.5 Å². The predicted molar refractivity (Wildman–Crippen MR) is 85.3 cm³/mol. The van der Waals surface area contributed by atoms with Crippen LogP contribution in [0.2, 0.25) is 0 Å². The van der Waals surface area contributed by atoms with Crippen LogP contribution in [0.4, 0.5) is 11.4 Å². The summed E-state index contributed by atoms with van der Waals surface area (Å²) in [6.07, 6.45) is 8.83. The molecule has 1 aromatic carbocycles. The molecule has 0 aliphatic carbocycles. The first-order valence-electron chi connectivity index (χ1n) is 7.96. The van der Waals surface area contributed by atoms with Gasteiger partial charge in [0.25, 0.3) is 0 Å². The monoisotopic (exact) mass is 274 g/mol. The molecular formula is C17H26N2O. The summed E-state index contributed by atoms with van der Waals surface area (Å²) >= 11 is 0. The number of unbranched alkanes of at least 4 members (excludes halogenated alkanes) is 4. The fraction of sp³-hybridized carbons (Fsp3) is 0.588. The Kier molecular flexibility index (Phi) is 5.90. The quantitative estimate of drug-likeness (QED) is 0.726. The second kappa shape index (κ2) is 7.93. The smallest absolute Gasteiger partial charge is 0.224 e. The Bertz CT molecular complexity index is 443. The van der Waals surface area contributed by atoms with Crippen LogP contribution in [0.3, 0.4) is 0 Å². The van der Waals surface area contributed by atoms with E-state index >= 15 is 0 Å². The lowest BCUT2D eigenvalue weighted by atomic mass is 10.0. The minimum atomic E-state index is 0.144. The molecule has 0 aromatic heterocycles. The number of amides is 1. The van der Waals surface area contributed by atoms with Gasteiger partial charge in [0, 0.05) is 24.3 Å². The molecule has 0 saturated carbocycles. The third kappa shape index (κ3) is 4.55. The van der Waals surface area contributed by atoms with Crippen molar-refractivity contribution < 1.29 is 4.79 Å². The van der Waals surface area contributed by atoms with E-state index in [1.807, 2.05) is 6.07 Å².